The van der Waals surface area contributed by atoms with E-state index in [9.17, 15) is 18.0 Å². The molecule has 1 saturated heterocycles. The van der Waals surface area contributed by atoms with E-state index >= 15 is 0 Å². The summed E-state index contributed by atoms with van der Waals surface area (Å²) in [6, 6.07) is 8.24. The molecule has 1 aliphatic heterocycles. The lowest BCUT2D eigenvalue weighted by Gasteiger charge is -2.34. The molecule has 0 spiro atoms. The van der Waals surface area contributed by atoms with Gasteiger partial charge in [-0.3, -0.25) is 9.59 Å². The zero-order chi connectivity index (χ0) is 16.9. The zero-order valence-corrected chi connectivity index (χ0v) is 13.8. The largest absolute Gasteiger partial charge is 0.469 e. The van der Waals surface area contributed by atoms with Crippen molar-refractivity contribution in [1.82, 2.24) is 9.21 Å². The number of piperazine rings is 1. The van der Waals surface area contributed by atoms with Crippen LogP contribution in [0.4, 0.5) is 0 Å². The summed E-state index contributed by atoms with van der Waals surface area (Å²) in [5, 5.41) is 0. The summed E-state index contributed by atoms with van der Waals surface area (Å²) in [4.78, 5) is 24.9. The number of methoxy groups -OCH3 is 1. The van der Waals surface area contributed by atoms with Crippen molar-refractivity contribution in [3.63, 3.8) is 0 Å². The molecule has 1 aromatic carbocycles. The number of hydrogen-bond donors (Lipinski definition) is 0. The number of hydrogen-bond acceptors (Lipinski definition) is 5. The Morgan fingerprint density at radius 2 is 1.65 bits per heavy atom. The van der Waals surface area contributed by atoms with E-state index < -0.39 is 16.0 Å². The smallest absolute Gasteiger partial charge is 0.306 e. The average molecular weight is 340 g/mol. The molecule has 23 heavy (non-hydrogen) atoms. The lowest BCUT2D eigenvalue weighted by molar-refractivity contribution is -0.143. The van der Waals surface area contributed by atoms with Crippen LogP contribution in [0.5, 0.6) is 0 Å². The van der Waals surface area contributed by atoms with Crippen molar-refractivity contribution in [3.05, 3.63) is 30.3 Å². The standard InChI is InChI=1S/C15H20N2O5S/c1-22-15(19)8-7-14(18)16-9-11-17(12-10-16)23(20,21)13-5-3-2-4-6-13/h2-6H,7-12H2,1H3. The first-order valence-electron chi connectivity index (χ1n) is 7.35. The molecule has 1 heterocycles. The highest BCUT2D eigenvalue weighted by Gasteiger charge is 2.29. The number of benzene rings is 1. The number of rotatable bonds is 5. The highest BCUT2D eigenvalue weighted by Crippen LogP contribution is 2.17. The molecule has 0 aromatic heterocycles. The van der Waals surface area contributed by atoms with Crippen molar-refractivity contribution in [2.24, 2.45) is 0 Å². The van der Waals surface area contributed by atoms with E-state index in [0.29, 0.717) is 13.1 Å². The van der Waals surface area contributed by atoms with Gasteiger partial charge in [0.15, 0.2) is 0 Å². The zero-order valence-electron chi connectivity index (χ0n) is 13.0. The van der Waals surface area contributed by atoms with Crippen LogP contribution in [0.3, 0.4) is 0 Å². The van der Waals surface area contributed by atoms with E-state index in [4.69, 9.17) is 0 Å². The van der Waals surface area contributed by atoms with Crippen molar-refractivity contribution >= 4 is 21.9 Å². The summed E-state index contributed by atoms with van der Waals surface area (Å²) < 4.78 is 30.8. The minimum absolute atomic E-state index is 0.0395. The van der Waals surface area contributed by atoms with Gasteiger partial charge in [0.25, 0.3) is 0 Å². The summed E-state index contributed by atoms with van der Waals surface area (Å²) in [6.45, 7) is 1.15. The molecule has 0 unspecified atom stereocenters. The van der Waals surface area contributed by atoms with Crippen LogP contribution in [0.15, 0.2) is 35.2 Å². The molecule has 1 aliphatic rings. The summed E-state index contributed by atoms with van der Waals surface area (Å²) in [6.07, 6.45) is 0.121. The molecule has 0 N–H and O–H groups in total. The second-order valence-electron chi connectivity index (χ2n) is 5.17. The molecule has 1 fully saturated rings. The summed E-state index contributed by atoms with van der Waals surface area (Å²) in [7, 11) is -2.24. The van der Waals surface area contributed by atoms with E-state index in [2.05, 4.69) is 4.74 Å². The predicted molar refractivity (Wildman–Crippen MR) is 83.0 cm³/mol. The van der Waals surface area contributed by atoms with Gasteiger partial charge >= 0.3 is 5.97 Å². The second-order valence-corrected chi connectivity index (χ2v) is 7.11. The molecular weight excluding hydrogens is 320 g/mol. The molecule has 1 amide bonds. The van der Waals surface area contributed by atoms with Crippen molar-refractivity contribution < 1.29 is 22.7 Å². The van der Waals surface area contributed by atoms with Crippen molar-refractivity contribution in [2.75, 3.05) is 33.3 Å². The Balaban J connectivity index is 1.91. The Hall–Kier alpha value is -1.93. The van der Waals surface area contributed by atoms with E-state index in [1.165, 1.54) is 11.4 Å². The van der Waals surface area contributed by atoms with E-state index in [-0.39, 0.29) is 36.7 Å². The van der Waals surface area contributed by atoms with E-state index in [1.54, 1.807) is 35.2 Å². The topological polar surface area (TPSA) is 84.0 Å². The highest BCUT2D eigenvalue weighted by atomic mass is 32.2. The molecule has 7 nitrogen and oxygen atoms in total. The summed E-state index contributed by atoms with van der Waals surface area (Å²) >= 11 is 0. The number of amides is 1. The number of sulfonamides is 1. The maximum absolute atomic E-state index is 12.5. The Kier molecular flexibility index (Phi) is 5.73. The van der Waals surface area contributed by atoms with Gasteiger partial charge in [0.2, 0.25) is 15.9 Å². The predicted octanol–water partition coefficient (Wildman–Crippen LogP) is 0.473. The maximum Gasteiger partial charge on any atom is 0.306 e. The van der Waals surface area contributed by atoms with Gasteiger partial charge in [0.05, 0.1) is 18.4 Å². The molecule has 126 valence electrons. The molecule has 0 aliphatic carbocycles. The molecule has 1 aromatic rings. The van der Waals surface area contributed by atoms with Crippen molar-refractivity contribution in [3.8, 4) is 0 Å². The van der Waals surface area contributed by atoms with Gasteiger partial charge in [-0.15, -0.1) is 0 Å². The fourth-order valence-corrected chi connectivity index (χ4v) is 3.83. The van der Waals surface area contributed by atoms with Gasteiger partial charge in [-0.25, -0.2) is 8.42 Å². The van der Waals surface area contributed by atoms with Crippen LogP contribution in [-0.4, -0.2) is 62.8 Å². The number of carbonyl (C=O) groups excluding carboxylic acids is 2. The van der Waals surface area contributed by atoms with Gasteiger partial charge in [0, 0.05) is 32.6 Å². The second kappa shape index (κ2) is 7.56. The third kappa shape index (κ3) is 4.29. The highest BCUT2D eigenvalue weighted by molar-refractivity contribution is 7.89. The van der Waals surface area contributed by atoms with Crippen molar-refractivity contribution in [1.29, 1.82) is 0 Å². The monoisotopic (exact) mass is 340 g/mol. The Bertz CT molecular complexity index is 652. The fraction of sp³-hybridized carbons (Fsp3) is 0.467. The minimum atomic E-state index is -3.52. The molecule has 8 heteroatoms. The van der Waals surface area contributed by atoms with Crippen molar-refractivity contribution in [2.45, 2.75) is 17.7 Å². The normalized spacial score (nSPS) is 16.1. The molecule has 0 saturated carbocycles. The fourth-order valence-electron chi connectivity index (χ4n) is 2.39. The molecular formula is C15H20N2O5S. The quantitative estimate of drug-likeness (QED) is 0.728. The first kappa shape index (κ1) is 17.4. The van der Waals surface area contributed by atoms with Crippen LogP contribution in [0.25, 0.3) is 0 Å². The Morgan fingerprint density at radius 3 is 2.22 bits per heavy atom. The lowest BCUT2D eigenvalue weighted by atomic mass is 10.2. The van der Waals surface area contributed by atoms with Crippen LogP contribution in [0.1, 0.15) is 12.8 Å². The molecule has 0 bridgehead atoms. The Morgan fingerprint density at radius 1 is 1.04 bits per heavy atom. The first-order chi connectivity index (χ1) is 10.9. The average Bonchev–Trinajstić information content (AvgIpc) is 2.60. The Labute approximate surface area is 135 Å². The van der Waals surface area contributed by atoms with Crippen LogP contribution < -0.4 is 0 Å². The number of carbonyl (C=O) groups is 2. The van der Waals surface area contributed by atoms with Crippen LogP contribution in [0, 0.1) is 0 Å². The van der Waals surface area contributed by atoms with Gasteiger partial charge < -0.3 is 9.64 Å². The number of ether oxygens (including phenoxy) is 1. The summed E-state index contributed by atoms with van der Waals surface area (Å²) in [5.74, 6) is -0.587. The minimum Gasteiger partial charge on any atom is -0.469 e. The lowest BCUT2D eigenvalue weighted by Crippen LogP contribution is -2.50. The van der Waals surface area contributed by atoms with Crippen LogP contribution >= 0.6 is 0 Å². The van der Waals surface area contributed by atoms with Gasteiger partial charge in [-0.05, 0) is 12.1 Å². The maximum atomic E-state index is 12.5. The van der Waals surface area contributed by atoms with E-state index in [0.717, 1.165) is 0 Å². The van der Waals surface area contributed by atoms with Gasteiger partial charge in [-0.2, -0.15) is 4.31 Å². The molecule has 2 rings (SSSR count). The first-order valence-corrected chi connectivity index (χ1v) is 8.79. The number of esters is 1. The summed E-state index contributed by atoms with van der Waals surface area (Å²) in [5.41, 5.74) is 0. The van der Waals surface area contributed by atoms with Crippen LogP contribution in [0.2, 0.25) is 0 Å². The third-order valence-corrected chi connectivity index (χ3v) is 5.66. The molecule has 0 atom stereocenters. The number of nitrogens with zero attached hydrogens (tertiary/aromatic N) is 2. The molecule has 0 radical (unpaired) electrons. The van der Waals surface area contributed by atoms with E-state index in [1.807, 2.05) is 0 Å². The van der Waals surface area contributed by atoms with Crippen LogP contribution in [-0.2, 0) is 24.3 Å². The van der Waals surface area contributed by atoms with Gasteiger partial charge in [0.1, 0.15) is 0 Å². The third-order valence-electron chi connectivity index (χ3n) is 3.74. The SMILES string of the molecule is COC(=O)CCC(=O)N1CCN(S(=O)(=O)c2ccccc2)CC1. The van der Waals surface area contributed by atoms with Gasteiger partial charge in [-0.1, -0.05) is 18.2 Å².